The molecular weight excluding hydrogens is 444 g/mol. The molecule has 0 unspecified atom stereocenters. The molecule has 33 heavy (non-hydrogen) atoms. The molecule has 2 aromatic rings. The van der Waals surface area contributed by atoms with E-state index in [9.17, 15) is 18.0 Å². The minimum atomic E-state index is -3.54. The van der Waals surface area contributed by atoms with Crippen molar-refractivity contribution in [3.63, 3.8) is 0 Å². The third-order valence-corrected chi connectivity index (χ3v) is 7.15. The second kappa shape index (κ2) is 10.7. The molecule has 176 valence electrons. The Labute approximate surface area is 194 Å². The number of nitrogens with zero attached hydrogens (tertiary/aromatic N) is 3. The Morgan fingerprint density at radius 2 is 1.58 bits per heavy atom. The zero-order chi connectivity index (χ0) is 24.0. The van der Waals surface area contributed by atoms with Gasteiger partial charge in [0.15, 0.2) is 0 Å². The SMILES string of the molecule is CC(=O)Oc1ccc(/C(C)=N/NC(=O)CN2CCN(S(=O)(=O)c3ccc(C)cc3)CC2)cc1. The van der Waals surface area contributed by atoms with E-state index in [1.165, 1.54) is 11.2 Å². The maximum absolute atomic E-state index is 12.8. The zero-order valence-corrected chi connectivity index (χ0v) is 19.8. The number of esters is 1. The molecule has 3 rings (SSSR count). The predicted molar refractivity (Wildman–Crippen MR) is 124 cm³/mol. The summed E-state index contributed by atoms with van der Waals surface area (Å²) in [6, 6.07) is 13.6. The van der Waals surface area contributed by atoms with Gasteiger partial charge in [0.25, 0.3) is 5.91 Å². The lowest BCUT2D eigenvalue weighted by Gasteiger charge is -2.33. The molecular formula is C23H28N4O5S. The summed E-state index contributed by atoms with van der Waals surface area (Å²) in [4.78, 5) is 25.5. The maximum atomic E-state index is 12.8. The number of nitrogens with one attached hydrogen (secondary N) is 1. The van der Waals surface area contributed by atoms with Gasteiger partial charge in [-0.2, -0.15) is 9.41 Å². The molecule has 0 atom stereocenters. The lowest BCUT2D eigenvalue weighted by atomic mass is 10.1. The van der Waals surface area contributed by atoms with Crippen LogP contribution in [-0.4, -0.2) is 67.9 Å². The number of carbonyl (C=O) groups excluding carboxylic acids is 2. The quantitative estimate of drug-likeness (QED) is 0.285. The van der Waals surface area contributed by atoms with Crippen molar-refractivity contribution in [1.82, 2.24) is 14.6 Å². The monoisotopic (exact) mass is 472 g/mol. The molecule has 1 saturated heterocycles. The zero-order valence-electron chi connectivity index (χ0n) is 18.9. The first-order chi connectivity index (χ1) is 15.6. The fourth-order valence-electron chi connectivity index (χ4n) is 3.37. The van der Waals surface area contributed by atoms with Crippen LogP contribution in [0.4, 0.5) is 0 Å². The molecule has 0 radical (unpaired) electrons. The highest BCUT2D eigenvalue weighted by molar-refractivity contribution is 7.89. The number of hydrogen-bond donors (Lipinski definition) is 1. The molecule has 1 amide bonds. The smallest absolute Gasteiger partial charge is 0.308 e. The van der Waals surface area contributed by atoms with E-state index in [1.54, 1.807) is 55.5 Å². The number of sulfonamides is 1. The number of benzene rings is 2. The van der Waals surface area contributed by atoms with Gasteiger partial charge in [-0.25, -0.2) is 13.8 Å². The molecule has 1 aliphatic heterocycles. The molecule has 1 heterocycles. The molecule has 2 aromatic carbocycles. The fraction of sp³-hybridized carbons (Fsp3) is 0.348. The van der Waals surface area contributed by atoms with E-state index in [0.29, 0.717) is 37.6 Å². The average Bonchev–Trinajstić information content (AvgIpc) is 2.78. The highest BCUT2D eigenvalue weighted by atomic mass is 32.2. The predicted octanol–water partition coefficient (Wildman–Crippen LogP) is 1.77. The van der Waals surface area contributed by atoms with Crippen LogP contribution in [0, 0.1) is 6.92 Å². The normalized spacial score (nSPS) is 15.8. The van der Waals surface area contributed by atoms with Gasteiger partial charge in [-0.15, -0.1) is 0 Å². The van der Waals surface area contributed by atoms with Crippen molar-refractivity contribution >= 4 is 27.6 Å². The van der Waals surface area contributed by atoms with Gasteiger partial charge >= 0.3 is 5.97 Å². The molecule has 0 bridgehead atoms. The Bertz CT molecular complexity index is 1120. The second-order valence-corrected chi connectivity index (χ2v) is 9.78. The number of carbonyl (C=O) groups is 2. The van der Waals surface area contributed by atoms with Gasteiger partial charge in [-0.3, -0.25) is 14.5 Å². The Hall–Kier alpha value is -3.08. The Balaban J connectivity index is 1.49. The van der Waals surface area contributed by atoms with Crippen LogP contribution < -0.4 is 10.2 Å². The van der Waals surface area contributed by atoms with E-state index < -0.39 is 16.0 Å². The highest BCUT2D eigenvalue weighted by Crippen LogP contribution is 2.18. The summed E-state index contributed by atoms with van der Waals surface area (Å²) < 4.78 is 32.0. The highest BCUT2D eigenvalue weighted by Gasteiger charge is 2.28. The fourth-order valence-corrected chi connectivity index (χ4v) is 4.79. The molecule has 0 aromatic heterocycles. The summed E-state index contributed by atoms with van der Waals surface area (Å²) in [5, 5.41) is 4.13. The first-order valence-electron chi connectivity index (χ1n) is 10.6. The van der Waals surface area contributed by atoms with Crippen LogP contribution in [0.1, 0.15) is 25.0 Å². The van der Waals surface area contributed by atoms with Crippen LogP contribution in [0.15, 0.2) is 58.5 Å². The number of rotatable bonds is 7. The van der Waals surface area contributed by atoms with Gasteiger partial charge in [0.05, 0.1) is 17.2 Å². The second-order valence-electron chi connectivity index (χ2n) is 7.84. The summed E-state index contributed by atoms with van der Waals surface area (Å²) >= 11 is 0. The number of ether oxygens (including phenoxy) is 1. The first kappa shape index (κ1) is 24.6. The summed E-state index contributed by atoms with van der Waals surface area (Å²) in [5.74, 6) is -0.235. The van der Waals surface area contributed by atoms with E-state index >= 15 is 0 Å². The third kappa shape index (κ3) is 6.70. The topological polar surface area (TPSA) is 108 Å². The molecule has 1 fully saturated rings. The number of hydrogen-bond acceptors (Lipinski definition) is 7. The minimum Gasteiger partial charge on any atom is -0.427 e. The number of piperazine rings is 1. The molecule has 1 aliphatic rings. The van der Waals surface area contributed by atoms with Gasteiger partial charge < -0.3 is 4.74 Å². The molecule has 0 aliphatic carbocycles. The lowest BCUT2D eigenvalue weighted by molar-refractivity contribution is -0.131. The van der Waals surface area contributed by atoms with Crippen molar-refractivity contribution < 1.29 is 22.7 Å². The van der Waals surface area contributed by atoms with Crippen molar-refractivity contribution in [3.05, 3.63) is 59.7 Å². The van der Waals surface area contributed by atoms with Crippen LogP contribution in [0.3, 0.4) is 0 Å². The van der Waals surface area contributed by atoms with E-state index in [4.69, 9.17) is 4.74 Å². The minimum absolute atomic E-state index is 0.126. The van der Waals surface area contributed by atoms with Crippen molar-refractivity contribution in [3.8, 4) is 5.75 Å². The summed E-state index contributed by atoms with van der Waals surface area (Å²) in [6.07, 6.45) is 0. The van der Waals surface area contributed by atoms with E-state index in [-0.39, 0.29) is 17.3 Å². The van der Waals surface area contributed by atoms with E-state index in [2.05, 4.69) is 10.5 Å². The van der Waals surface area contributed by atoms with Crippen LogP contribution >= 0.6 is 0 Å². The van der Waals surface area contributed by atoms with E-state index in [1.807, 2.05) is 11.8 Å². The average molecular weight is 473 g/mol. The molecule has 0 spiro atoms. The number of amides is 1. The van der Waals surface area contributed by atoms with Gasteiger partial charge in [0.2, 0.25) is 10.0 Å². The van der Waals surface area contributed by atoms with Crippen molar-refractivity contribution in [1.29, 1.82) is 0 Å². The van der Waals surface area contributed by atoms with Crippen molar-refractivity contribution in [2.24, 2.45) is 5.10 Å². The summed E-state index contributed by atoms with van der Waals surface area (Å²) in [6.45, 7) is 6.68. The van der Waals surface area contributed by atoms with Crippen LogP contribution in [0.5, 0.6) is 5.75 Å². The Morgan fingerprint density at radius 1 is 0.970 bits per heavy atom. The Kier molecular flexibility index (Phi) is 7.96. The standard InChI is InChI=1S/C23H28N4O5S/c1-17-4-10-22(11-5-17)33(30,31)27-14-12-26(13-15-27)16-23(29)25-24-18(2)20-6-8-21(9-7-20)32-19(3)28/h4-11H,12-16H2,1-3H3,(H,25,29)/b24-18+. The molecule has 0 saturated carbocycles. The van der Waals surface area contributed by atoms with Crippen molar-refractivity contribution in [2.45, 2.75) is 25.7 Å². The third-order valence-electron chi connectivity index (χ3n) is 5.24. The molecule has 10 heteroatoms. The largest absolute Gasteiger partial charge is 0.427 e. The van der Waals surface area contributed by atoms with Gasteiger partial charge in [0, 0.05) is 33.1 Å². The van der Waals surface area contributed by atoms with E-state index in [0.717, 1.165) is 11.1 Å². The van der Waals surface area contributed by atoms with Gasteiger partial charge in [-0.1, -0.05) is 17.7 Å². The van der Waals surface area contributed by atoms with Crippen LogP contribution in [-0.2, 0) is 19.6 Å². The molecule has 9 nitrogen and oxygen atoms in total. The first-order valence-corrected chi connectivity index (χ1v) is 12.0. The van der Waals surface area contributed by atoms with Crippen LogP contribution in [0.25, 0.3) is 0 Å². The maximum Gasteiger partial charge on any atom is 0.308 e. The lowest BCUT2D eigenvalue weighted by Crippen LogP contribution is -2.50. The summed E-state index contributed by atoms with van der Waals surface area (Å²) in [7, 11) is -3.54. The number of hydrazone groups is 1. The van der Waals surface area contributed by atoms with Gasteiger partial charge in [0.1, 0.15) is 5.75 Å². The Morgan fingerprint density at radius 3 is 2.15 bits per heavy atom. The number of aryl methyl sites for hydroxylation is 1. The molecule has 1 N–H and O–H groups in total. The van der Waals surface area contributed by atoms with Crippen molar-refractivity contribution in [2.75, 3.05) is 32.7 Å². The van der Waals surface area contributed by atoms with Gasteiger partial charge in [-0.05, 0) is 55.8 Å². The van der Waals surface area contributed by atoms with Crippen LogP contribution in [0.2, 0.25) is 0 Å². The summed E-state index contributed by atoms with van der Waals surface area (Å²) in [5.41, 5.74) is 4.92.